The number of anilines is 2. The SMILES string of the molecule is NC1CCC(CN2CCN(c3cccc(NC4C(=O)CCNC4=O)c3)CC2)CC1. The third kappa shape index (κ3) is 5.08. The molecule has 1 unspecified atom stereocenters. The highest BCUT2D eigenvalue weighted by Crippen LogP contribution is 2.26. The van der Waals surface area contributed by atoms with E-state index in [0.717, 1.165) is 43.5 Å². The summed E-state index contributed by atoms with van der Waals surface area (Å²) in [5.41, 5.74) is 7.99. The number of piperazine rings is 1. The van der Waals surface area contributed by atoms with Crippen molar-refractivity contribution in [2.24, 2.45) is 11.7 Å². The fourth-order valence-corrected chi connectivity index (χ4v) is 4.73. The first-order valence-corrected chi connectivity index (χ1v) is 11.0. The molecule has 4 rings (SSSR count). The van der Waals surface area contributed by atoms with E-state index in [2.05, 4.69) is 26.5 Å². The molecule has 2 saturated heterocycles. The van der Waals surface area contributed by atoms with Crippen molar-refractivity contribution in [3.8, 4) is 0 Å². The number of nitrogens with two attached hydrogens (primary N) is 1. The molecule has 7 heteroatoms. The molecule has 1 aromatic carbocycles. The first-order chi connectivity index (χ1) is 14.1. The van der Waals surface area contributed by atoms with Crippen molar-refractivity contribution in [2.75, 3.05) is 49.5 Å². The molecule has 2 aliphatic heterocycles. The summed E-state index contributed by atoms with van der Waals surface area (Å²) in [6.07, 6.45) is 5.26. The minimum absolute atomic E-state index is 0.0450. The van der Waals surface area contributed by atoms with Crippen molar-refractivity contribution in [3.63, 3.8) is 0 Å². The Hall–Kier alpha value is -2.12. The lowest BCUT2D eigenvalue weighted by Gasteiger charge is -2.39. The normalized spacial score (nSPS) is 28.9. The molecule has 29 heavy (non-hydrogen) atoms. The van der Waals surface area contributed by atoms with Crippen LogP contribution in [0.3, 0.4) is 0 Å². The third-order valence-electron chi connectivity index (χ3n) is 6.56. The van der Waals surface area contributed by atoms with Gasteiger partial charge in [0.1, 0.15) is 0 Å². The number of amides is 1. The molecule has 158 valence electrons. The molecular formula is C22H33N5O2. The van der Waals surface area contributed by atoms with E-state index < -0.39 is 6.04 Å². The van der Waals surface area contributed by atoms with Crippen LogP contribution in [-0.2, 0) is 9.59 Å². The zero-order chi connectivity index (χ0) is 20.2. The van der Waals surface area contributed by atoms with Crippen LogP contribution in [0, 0.1) is 5.92 Å². The molecule has 1 aliphatic carbocycles. The smallest absolute Gasteiger partial charge is 0.250 e. The fraction of sp³-hybridized carbons (Fsp3) is 0.636. The molecule has 1 amide bonds. The molecule has 1 saturated carbocycles. The van der Waals surface area contributed by atoms with Crippen LogP contribution < -0.4 is 21.3 Å². The standard InChI is InChI=1S/C22H33N5O2/c23-17-6-4-16(5-7-17)15-26-10-12-27(13-11-26)19-3-1-2-18(14-19)25-21-20(28)8-9-24-22(21)29/h1-3,14,16-17,21,25H,4-13,15,23H2,(H,24,29). The molecule has 7 nitrogen and oxygen atoms in total. The van der Waals surface area contributed by atoms with Gasteiger partial charge in [0.2, 0.25) is 5.91 Å². The van der Waals surface area contributed by atoms with Gasteiger partial charge < -0.3 is 21.3 Å². The molecule has 0 radical (unpaired) electrons. The van der Waals surface area contributed by atoms with Gasteiger partial charge in [0.05, 0.1) is 0 Å². The maximum atomic E-state index is 12.1. The number of benzene rings is 1. The second-order valence-corrected chi connectivity index (χ2v) is 8.70. The summed E-state index contributed by atoms with van der Waals surface area (Å²) in [6, 6.07) is 7.70. The number of carbonyl (C=O) groups excluding carboxylic acids is 2. The van der Waals surface area contributed by atoms with Crippen LogP contribution in [0.2, 0.25) is 0 Å². The summed E-state index contributed by atoms with van der Waals surface area (Å²) in [5.74, 6) is 0.522. The van der Waals surface area contributed by atoms with Crippen LogP contribution in [0.1, 0.15) is 32.1 Å². The number of piperidine rings is 1. The number of nitrogens with zero attached hydrogens (tertiary/aromatic N) is 2. The minimum Gasteiger partial charge on any atom is -0.369 e. The number of Topliss-reactive ketones (excluding diaryl/α,β-unsaturated/α-hetero) is 1. The van der Waals surface area contributed by atoms with Crippen molar-refractivity contribution in [3.05, 3.63) is 24.3 Å². The number of ketones is 1. The van der Waals surface area contributed by atoms with E-state index >= 15 is 0 Å². The number of nitrogens with one attached hydrogen (secondary N) is 2. The molecule has 3 fully saturated rings. The van der Waals surface area contributed by atoms with Crippen molar-refractivity contribution in [1.29, 1.82) is 0 Å². The number of hydrogen-bond donors (Lipinski definition) is 3. The average Bonchev–Trinajstić information content (AvgIpc) is 2.73. The number of rotatable bonds is 5. The van der Waals surface area contributed by atoms with Gasteiger partial charge in [0.15, 0.2) is 11.8 Å². The Kier molecular flexibility index (Phi) is 6.35. The molecule has 0 bridgehead atoms. The lowest BCUT2D eigenvalue weighted by molar-refractivity contribution is -0.131. The van der Waals surface area contributed by atoms with Gasteiger partial charge >= 0.3 is 0 Å². The first-order valence-electron chi connectivity index (χ1n) is 11.0. The molecule has 4 N–H and O–H groups in total. The fourth-order valence-electron chi connectivity index (χ4n) is 4.73. The molecular weight excluding hydrogens is 366 g/mol. The van der Waals surface area contributed by atoms with Crippen LogP contribution >= 0.6 is 0 Å². The van der Waals surface area contributed by atoms with Crippen molar-refractivity contribution in [2.45, 2.75) is 44.2 Å². The van der Waals surface area contributed by atoms with E-state index in [1.54, 1.807) is 0 Å². The molecule has 0 aromatic heterocycles. The van der Waals surface area contributed by atoms with Crippen LogP contribution in [0.5, 0.6) is 0 Å². The topological polar surface area (TPSA) is 90.7 Å². The highest BCUT2D eigenvalue weighted by molar-refractivity contribution is 6.09. The predicted octanol–water partition coefficient (Wildman–Crippen LogP) is 1.20. The molecule has 3 aliphatic rings. The average molecular weight is 400 g/mol. The van der Waals surface area contributed by atoms with Crippen LogP contribution in [0.25, 0.3) is 0 Å². The molecule has 2 heterocycles. The second-order valence-electron chi connectivity index (χ2n) is 8.70. The van der Waals surface area contributed by atoms with E-state index in [-0.39, 0.29) is 11.7 Å². The largest absolute Gasteiger partial charge is 0.369 e. The van der Waals surface area contributed by atoms with E-state index in [9.17, 15) is 9.59 Å². The van der Waals surface area contributed by atoms with Gasteiger partial charge in [0.25, 0.3) is 0 Å². The number of carbonyl (C=O) groups is 2. The Morgan fingerprint density at radius 3 is 2.55 bits per heavy atom. The van der Waals surface area contributed by atoms with Gasteiger partial charge in [0, 0.05) is 63.1 Å². The molecule has 1 atom stereocenters. The van der Waals surface area contributed by atoms with E-state index in [1.165, 1.54) is 32.2 Å². The van der Waals surface area contributed by atoms with Gasteiger partial charge in [-0.15, -0.1) is 0 Å². The maximum absolute atomic E-state index is 12.1. The second kappa shape index (κ2) is 9.13. The minimum atomic E-state index is -0.778. The summed E-state index contributed by atoms with van der Waals surface area (Å²) >= 11 is 0. The maximum Gasteiger partial charge on any atom is 0.250 e. The van der Waals surface area contributed by atoms with Gasteiger partial charge in [-0.25, -0.2) is 0 Å². The summed E-state index contributed by atoms with van der Waals surface area (Å²) in [5, 5.41) is 5.87. The monoisotopic (exact) mass is 399 g/mol. The zero-order valence-corrected chi connectivity index (χ0v) is 17.1. The molecule has 1 aromatic rings. The van der Waals surface area contributed by atoms with E-state index in [0.29, 0.717) is 19.0 Å². The Labute approximate surface area is 173 Å². The summed E-state index contributed by atoms with van der Waals surface area (Å²) < 4.78 is 0. The van der Waals surface area contributed by atoms with Crippen molar-refractivity contribution in [1.82, 2.24) is 10.2 Å². The Morgan fingerprint density at radius 2 is 1.83 bits per heavy atom. The predicted molar refractivity (Wildman–Crippen MR) is 115 cm³/mol. The Balaban J connectivity index is 1.30. The lowest BCUT2D eigenvalue weighted by Crippen LogP contribution is -2.50. The van der Waals surface area contributed by atoms with Gasteiger partial charge in [-0.1, -0.05) is 6.07 Å². The zero-order valence-electron chi connectivity index (χ0n) is 17.1. The number of hydrogen-bond acceptors (Lipinski definition) is 6. The van der Waals surface area contributed by atoms with E-state index in [4.69, 9.17) is 5.73 Å². The summed E-state index contributed by atoms with van der Waals surface area (Å²) in [6.45, 7) is 5.78. The first kappa shape index (κ1) is 20.2. The van der Waals surface area contributed by atoms with Gasteiger partial charge in [-0.2, -0.15) is 0 Å². The van der Waals surface area contributed by atoms with Crippen molar-refractivity contribution < 1.29 is 9.59 Å². The molecule has 0 spiro atoms. The highest BCUT2D eigenvalue weighted by atomic mass is 16.2. The van der Waals surface area contributed by atoms with Crippen LogP contribution in [-0.4, -0.2) is 67.9 Å². The van der Waals surface area contributed by atoms with E-state index in [1.807, 2.05) is 18.2 Å². The van der Waals surface area contributed by atoms with Crippen LogP contribution in [0.15, 0.2) is 24.3 Å². The van der Waals surface area contributed by atoms with Gasteiger partial charge in [-0.05, 0) is 49.8 Å². The Bertz CT molecular complexity index is 708. The van der Waals surface area contributed by atoms with Crippen molar-refractivity contribution >= 4 is 23.1 Å². The third-order valence-corrected chi connectivity index (χ3v) is 6.56. The quantitative estimate of drug-likeness (QED) is 0.645. The van der Waals surface area contributed by atoms with Crippen LogP contribution in [0.4, 0.5) is 11.4 Å². The Morgan fingerprint density at radius 1 is 1.07 bits per heavy atom. The van der Waals surface area contributed by atoms with Gasteiger partial charge in [-0.3, -0.25) is 14.5 Å². The highest BCUT2D eigenvalue weighted by Gasteiger charge is 2.30. The summed E-state index contributed by atoms with van der Waals surface area (Å²) in [4.78, 5) is 29.0. The summed E-state index contributed by atoms with van der Waals surface area (Å²) in [7, 11) is 0. The lowest BCUT2D eigenvalue weighted by atomic mass is 9.86.